The van der Waals surface area contributed by atoms with E-state index in [0.29, 0.717) is 22.5 Å². The minimum atomic E-state index is -4.07. The van der Waals surface area contributed by atoms with Gasteiger partial charge in [0.25, 0.3) is 0 Å². The number of hydrogen-bond acceptors (Lipinski definition) is 6. The maximum atomic E-state index is 13.5. The summed E-state index contributed by atoms with van der Waals surface area (Å²) in [5, 5.41) is 17.4. The fourth-order valence-corrected chi connectivity index (χ4v) is 8.53. The third-order valence-electron chi connectivity index (χ3n) is 6.96. The van der Waals surface area contributed by atoms with E-state index in [2.05, 4.69) is 5.10 Å². The number of benzene rings is 3. The van der Waals surface area contributed by atoms with Crippen molar-refractivity contribution in [1.29, 1.82) is 0 Å². The first kappa shape index (κ1) is 25.3. The van der Waals surface area contributed by atoms with E-state index in [1.807, 2.05) is 30.3 Å². The van der Waals surface area contributed by atoms with Crippen LogP contribution in [0.5, 0.6) is 0 Å². The van der Waals surface area contributed by atoms with Crippen molar-refractivity contribution in [3.05, 3.63) is 100 Å². The summed E-state index contributed by atoms with van der Waals surface area (Å²) in [6.07, 6.45) is 2.95. The molecule has 37 heavy (non-hydrogen) atoms. The van der Waals surface area contributed by atoms with Crippen molar-refractivity contribution in [2.75, 3.05) is 12.5 Å². The minimum Gasteiger partial charge on any atom is -0.388 e. The number of halogens is 1. The van der Waals surface area contributed by atoms with Gasteiger partial charge in [0.15, 0.2) is 19.7 Å². The lowest BCUT2D eigenvalue weighted by atomic mass is 9.85. The minimum absolute atomic E-state index is 0.191. The normalized spacial score (nSPS) is 18.9. The molecule has 1 aliphatic carbocycles. The van der Waals surface area contributed by atoms with Crippen molar-refractivity contribution in [3.8, 4) is 5.69 Å². The molecule has 10 heteroatoms. The first-order valence-corrected chi connectivity index (χ1v) is 15.3. The maximum Gasteiger partial charge on any atom is 0.173 e. The molecule has 1 heterocycles. The SMILES string of the molecule is CS(=O)(=O)C1=Cc2c(cnn2-c2ccc(F)cc2)C[C@]1(CC(O)c1cccc2ccccc12)S(C)(=O)=O. The van der Waals surface area contributed by atoms with Crippen LogP contribution in [-0.2, 0) is 26.1 Å². The third kappa shape index (κ3) is 4.39. The highest BCUT2D eigenvalue weighted by Crippen LogP contribution is 2.46. The zero-order valence-electron chi connectivity index (χ0n) is 20.2. The van der Waals surface area contributed by atoms with Gasteiger partial charge in [-0.05, 0) is 52.2 Å². The fourth-order valence-electron chi connectivity index (χ4n) is 5.17. The van der Waals surface area contributed by atoms with Crippen LogP contribution in [0.3, 0.4) is 0 Å². The Morgan fingerprint density at radius 1 is 1.00 bits per heavy atom. The standard InChI is InChI=1S/C27H25FN2O5S2/c1-36(32,33)26-14-24-19(17-29-30(24)21-12-10-20(28)11-13-21)15-27(26,37(2,34)35)16-25(31)23-9-5-7-18-6-3-4-8-22(18)23/h3-14,17,25,31H,15-16H2,1-2H3/t25?,27-/m1/s1. The molecule has 5 rings (SSSR count). The second-order valence-electron chi connectivity index (χ2n) is 9.46. The van der Waals surface area contributed by atoms with E-state index in [1.165, 1.54) is 41.2 Å². The zero-order valence-corrected chi connectivity index (χ0v) is 21.8. The van der Waals surface area contributed by atoms with Gasteiger partial charge in [-0.15, -0.1) is 0 Å². The highest BCUT2D eigenvalue weighted by Gasteiger charge is 2.52. The average Bonchev–Trinajstić information content (AvgIpc) is 3.25. The number of hydrogen-bond donors (Lipinski definition) is 1. The van der Waals surface area contributed by atoms with Crippen molar-refractivity contribution in [3.63, 3.8) is 0 Å². The molecule has 1 aliphatic rings. The lowest BCUT2D eigenvalue weighted by Crippen LogP contribution is -2.47. The number of fused-ring (bicyclic) bond motifs is 2. The predicted molar refractivity (Wildman–Crippen MR) is 141 cm³/mol. The van der Waals surface area contributed by atoms with Crippen LogP contribution in [0.15, 0.2) is 77.8 Å². The summed E-state index contributed by atoms with van der Waals surface area (Å²) in [7, 11) is -8.12. The van der Waals surface area contributed by atoms with E-state index >= 15 is 0 Å². The van der Waals surface area contributed by atoms with Crippen LogP contribution in [0.4, 0.5) is 4.39 Å². The predicted octanol–water partition coefficient (Wildman–Crippen LogP) is 4.01. The fraction of sp³-hybridized carbons (Fsp3) is 0.222. The molecule has 7 nitrogen and oxygen atoms in total. The smallest absolute Gasteiger partial charge is 0.173 e. The molecule has 3 aromatic carbocycles. The summed E-state index contributed by atoms with van der Waals surface area (Å²) in [4.78, 5) is -0.307. The monoisotopic (exact) mass is 540 g/mol. The van der Waals surface area contributed by atoms with Gasteiger partial charge in [-0.3, -0.25) is 0 Å². The Bertz CT molecular complexity index is 1750. The quantitative estimate of drug-likeness (QED) is 0.396. The van der Waals surface area contributed by atoms with Crippen LogP contribution in [0.25, 0.3) is 22.5 Å². The molecule has 192 valence electrons. The first-order valence-electron chi connectivity index (χ1n) is 11.5. The molecule has 0 saturated heterocycles. The molecule has 0 fully saturated rings. The molecule has 4 aromatic rings. The average molecular weight is 541 g/mol. The Hall–Kier alpha value is -3.34. The maximum absolute atomic E-state index is 13.5. The zero-order chi connectivity index (χ0) is 26.6. The highest BCUT2D eigenvalue weighted by molar-refractivity contribution is 7.98. The molecule has 0 bridgehead atoms. The summed E-state index contributed by atoms with van der Waals surface area (Å²) in [5.74, 6) is -0.435. The summed E-state index contributed by atoms with van der Waals surface area (Å²) in [6, 6.07) is 18.3. The molecule has 1 N–H and O–H groups in total. The van der Waals surface area contributed by atoms with Gasteiger partial charge in [0.2, 0.25) is 0 Å². The number of aliphatic hydroxyl groups excluding tert-OH is 1. The van der Waals surface area contributed by atoms with Crippen molar-refractivity contribution in [2.24, 2.45) is 0 Å². The second-order valence-corrected chi connectivity index (χ2v) is 13.8. The van der Waals surface area contributed by atoms with Gasteiger partial charge < -0.3 is 5.11 Å². The second kappa shape index (κ2) is 8.90. The topological polar surface area (TPSA) is 106 Å². The summed E-state index contributed by atoms with van der Waals surface area (Å²) in [5.41, 5.74) is 1.91. The Morgan fingerprint density at radius 2 is 1.68 bits per heavy atom. The molecule has 2 atom stereocenters. The Morgan fingerprint density at radius 3 is 2.35 bits per heavy atom. The number of aromatic nitrogens is 2. The molecular weight excluding hydrogens is 515 g/mol. The van der Waals surface area contributed by atoms with Gasteiger partial charge in [0, 0.05) is 25.4 Å². The Kier molecular flexibility index (Phi) is 6.09. The Labute approximate surface area is 214 Å². The lowest BCUT2D eigenvalue weighted by molar-refractivity contribution is 0.157. The molecule has 1 aromatic heterocycles. The van der Waals surface area contributed by atoms with Crippen molar-refractivity contribution >= 4 is 36.5 Å². The summed E-state index contributed by atoms with van der Waals surface area (Å²) < 4.78 is 66.1. The molecule has 0 radical (unpaired) electrons. The number of aliphatic hydroxyl groups is 1. The van der Waals surface area contributed by atoms with Crippen LogP contribution < -0.4 is 0 Å². The molecule has 0 aliphatic heterocycles. The van der Waals surface area contributed by atoms with Gasteiger partial charge in [0.05, 0.1) is 28.6 Å². The van der Waals surface area contributed by atoms with Gasteiger partial charge in [-0.25, -0.2) is 25.9 Å². The van der Waals surface area contributed by atoms with E-state index in [-0.39, 0.29) is 17.7 Å². The van der Waals surface area contributed by atoms with Crippen LogP contribution in [-0.4, -0.2) is 49.0 Å². The summed E-state index contributed by atoms with van der Waals surface area (Å²) >= 11 is 0. The van der Waals surface area contributed by atoms with Crippen LogP contribution in [0, 0.1) is 5.82 Å². The molecular formula is C27H25FN2O5S2. The van der Waals surface area contributed by atoms with Crippen molar-refractivity contribution < 1.29 is 26.3 Å². The number of nitrogens with zero attached hydrogens (tertiary/aromatic N) is 2. The van der Waals surface area contributed by atoms with E-state index in [0.717, 1.165) is 23.3 Å². The van der Waals surface area contributed by atoms with Crippen LogP contribution in [0.1, 0.15) is 29.3 Å². The lowest BCUT2D eigenvalue weighted by Gasteiger charge is -2.37. The van der Waals surface area contributed by atoms with Gasteiger partial charge in [-0.1, -0.05) is 42.5 Å². The molecule has 0 saturated carbocycles. The largest absolute Gasteiger partial charge is 0.388 e. The first-order chi connectivity index (χ1) is 17.4. The summed E-state index contributed by atoms with van der Waals surface area (Å²) in [6.45, 7) is 0. The van der Waals surface area contributed by atoms with Crippen LogP contribution in [0.2, 0.25) is 0 Å². The van der Waals surface area contributed by atoms with Gasteiger partial charge in [0.1, 0.15) is 10.6 Å². The van der Waals surface area contributed by atoms with Crippen molar-refractivity contribution in [1.82, 2.24) is 9.78 Å². The van der Waals surface area contributed by atoms with Gasteiger partial charge in [-0.2, -0.15) is 5.10 Å². The van der Waals surface area contributed by atoms with E-state index in [9.17, 15) is 26.3 Å². The van der Waals surface area contributed by atoms with E-state index in [4.69, 9.17) is 0 Å². The molecule has 0 amide bonds. The number of sulfone groups is 2. The van der Waals surface area contributed by atoms with E-state index < -0.39 is 36.3 Å². The third-order valence-corrected chi connectivity index (χ3v) is 10.4. The highest BCUT2D eigenvalue weighted by atomic mass is 32.2. The van der Waals surface area contributed by atoms with Crippen molar-refractivity contribution in [2.45, 2.75) is 23.7 Å². The number of rotatable bonds is 6. The van der Waals surface area contributed by atoms with Gasteiger partial charge >= 0.3 is 0 Å². The molecule has 0 spiro atoms. The van der Waals surface area contributed by atoms with Crippen LogP contribution >= 0.6 is 0 Å². The Balaban J connectivity index is 1.68. The molecule has 1 unspecified atom stereocenters. The van der Waals surface area contributed by atoms with E-state index in [1.54, 1.807) is 12.1 Å².